The van der Waals surface area contributed by atoms with E-state index in [0.717, 1.165) is 25.9 Å². The Hall–Kier alpha value is -1.36. The van der Waals surface area contributed by atoms with Gasteiger partial charge in [0, 0.05) is 12.5 Å². The normalized spacial score (nSPS) is 16.8. The molecule has 0 aliphatic carbocycles. The summed E-state index contributed by atoms with van der Waals surface area (Å²) in [6.45, 7) is 5.30. The van der Waals surface area contributed by atoms with E-state index in [9.17, 15) is 9.59 Å². The Kier molecular flexibility index (Phi) is 4.98. The fourth-order valence-corrected chi connectivity index (χ4v) is 1.95. The quantitative estimate of drug-likeness (QED) is 0.627. The van der Waals surface area contributed by atoms with Crippen LogP contribution in [0.3, 0.4) is 0 Å². The lowest BCUT2D eigenvalue weighted by Crippen LogP contribution is -2.49. The molecular weight excluding hydrogens is 206 g/mol. The smallest absolute Gasteiger partial charge is 0.237 e. The summed E-state index contributed by atoms with van der Waals surface area (Å²) in [6.07, 6.45) is 3.56. The van der Waals surface area contributed by atoms with Crippen LogP contribution < -0.4 is 11.1 Å². The Morgan fingerprint density at radius 1 is 1.44 bits per heavy atom. The predicted octanol–water partition coefficient (Wildman–Crippen LogP) is -0.372. The first-order valence-corrected chi connectivity index (χ1v) is 5.54. The highest BCUT2D eigenvalue weighted by Crippen LogP contribution is 2.12. The molecule has 0 aromatic rings. The van der Waals surface area contributed by atoms with Gasteiger partial charge in [0.25, 0.3) is 0 Å². The molecule has 3 N–H and O–H groups in total. The maximum absolute atomic E-state index is 11.8. The predicted molar refractivity (Wildman–Crippen MR) is 61.6 cm³/mol. The summed E-state index contributed by atoms with van der Waals surface area (Å²) in [5, 5.41) is 3.22. The standard InChI is InChI=1S/C11H19N3O2/c1-2-3-11(16)14(8-10(12)15)9-4-6-13-7-5-9/h2,9,13H,1,3-8H2,(H2,12,15). The van der Waals surface area contributed by atoms with Gasteiger partial charge in [0.1, 0.15) is 0 Å². The number of nitrogens with one attached hydrogen (secondary N) is 1. The van der Waals surface area contributed by atoms with Gasteiger partial charge >= 0.3 is 0 Å². The summed E-state index contributed by atoms with van der Waals surface area (Å²) in [5.74, 6) is -0.531. The van der Waals surface area contributed by atoms with E-state index in [2.05, 4.69) is 11.9 Å². The van der Waals surface area contributed by atoms with E-state index < -0.39 is 5.91 Å². The molecule has 90 valence electrons. The van der Waals surface area contributed by atoms with Gasteiger partial charge in [0.2, 0.25) is 11.8 Å². The molecule has 0 aromatic heterocycles. The average molecular weight is 225 g/mol. The number of rotatable bonds is 5. The molecule has 2 amide bonds. The third-order valence-corrected chi connectivity index (χ3v) is 2.71. The minimum atomic E-state index is -0.462. The number of primary amides is 1. The van der Waals surface area contributed by atoms with E-state index in [1.54, 1.807) is 11.0 Å². The van der Waals surface area contributed by atoms with Crippen molar-refractivity contribution in [2.75, 3.05) is 19.6 Å². The monoisotopic (exact) mass is 225 g/mol. The molecule has 5 nitrogen and oxygen atoms in total. The van der Waals surface area contributed by atoms with Crippen molar-refractivity contribution in [2.24, 2.45) is 5.73 Å². The molecule has 0 spiro atoms. The Morgan fingerprint density at radius 2 is 2.06 bits per heavy atom. The van der Waals surface area contributed by atoms with Crippen LogP contribution in [0.25, 0.3) is 0 Å². The van der Waals surface area contributed by atoms with E-state index in [4.69, 9.17) is 5.73 Å². The lowest BCUT2D eigenvalue weighted by Gasteiger charge is -2.33. The number of hydrogen-bond acceptors (Lipinski definition) is 3. The second-order valence-electron chi connectivity index (χ2n) is 3.96. The molecular formula is C11H19N3O2. The fraction of sp³-hybridized carbons (Fsp3) is 0.636. The molecule has 0 bridgehead atoms. The zero-order valence-electron chi connectivity index (χ0n) is 9.45. The van der Waals surface area contributed by atoms with E-state index in [-0.39, 0.29) is 24.9 Å². The van der Waals surface area contributed by atoms with Gasteiger partial charge in [-0.1, -0.05) is 6.08 Å². The molecule has 0 unspecified atom stereocenters. The number of piperidine rings is 1. The third-order valence-electron chi connectivity index (χ3n) is 2.71. The first kappa shape index (κ1) is 12.7. The lowest BCUT2D eigenvalue weighted by atomic mass is 10.0. The second kappa shape index (κ2) is 6.27. The Balaban J connectivity index is 2.64. The van der Waals surface area contributed by atoms with Gasteiger partial charge in [-0.05, 0) is 25.9 Å². The molecule has 5 heteroatoms. The second-order valence-corrected chi connectivity index (χ2v) is 3.96. The van der Waals surface area contributed by atoms with E-state index in [1.807, 2.05) is 0 Å². The minimum absolute atomic E-state index is 0.0112. The van der Waals surface area contributed by atoms with Gasteiger partial charge in [-0.25, -0.2) is 0 Å². The maximum Gasteiger partial charge on any atom is 0.237 e. The van der Waals surface area contributed by atoms with E-state index >= 15 is 0 Å². The molecule has 0 radical (unpaired) electrons. The highest BCUT2D eigenvalue weighted by Gasteiger charge is 2.25. The Morgan fingerprint density at radius 3 is 2.56 bits per heavy atom. The number of amides is 2. The van der Waals surface area contributed by atoms with Crippen molar-refractivity contribution in [3.63, 3.8) is 0 Å². The average Bonchev–Trinajstić information content (AvgIpc) is 2.27. The summed E-state index contributed by atoms with van der Waals surface area (Å²) in [5.41, 5.74) is 5.16. The first-order chi connectivity index (χ1) is 7.65. The van der Waals surface area contributed by atoms with Crippen LogP contribution in [0.2, 0.25) is 0 Å². The zero-order valence-corrected chi connectivity index (χ0v) is 9.45. The van der Waals surface area contributed by atoms with Crippen LogP contribution in [0, 0.1) is 0 Å². The van der Waals surface area contributed by atoms with E-state index in [1.165, 1.54) is 0 Å². The summed E-state index contributed by atoms with van der Waals surface area (Å²) in [4.78, 5) is 24.3. The number of carbonyl (C=O) groups excluding carboxylic acids is 2. The third kappa shape index (κ3) is 3.66. The molecule has 0 saturated carbocycles. The van der Waals surface area contributed by atoms with Gasteiger partial charge in [0.15, 0.2) is 0 Å². The van der Waals surface area contributed by atoms with Crippen LogP contribution in [-0.4, -0.2) is 42.4 Å². The van der Waals surface area contributed by atoms with Crippen molar-refractivity contribution in [3.05, 3.63) is 12.7 Å². The van der Waals surface area contributed by atoms with Crippen LogP contribution >= 0.6 is 0 Å². The van der Waals surface area contributed by atoms with Gasteiger partial charge in [-0.15, -0.1) is 6.58 Å². The topological polar surface area (TPSA) is 75.4 Å². The Bertz CT molecular complexity index is 272. The van der Waals surface area contributed by atoms with Gasteiger partial charge in [-0.3, -0.25) is 9.59 Å². The van der Waals surface area contributed by atoms with Gasteiger partial charge < -0.3 is 16.0 Å². The van der Waals surface area contributed by atoms with Crippen molar-refractivity contribution in [1.82, 2.24) is 10.2 Å². The highest BCUT2D eigenvalue weighted by molar-refractivity contribution is 5.84. The number of carbonyl (C=O) groups is 2. The van der Waals surface area contributed by atoms with Crippen LogP contribution in [0.15, 0.2) is 12.7 Å². The largest absolute Gasteiger partial charge is 0.368 e. The molecule has 1 aliphatic rings. The molecule has 1 aliphatic heterocycles. The summed E-state index contributed by atoms with van der Waals surface area (Å²) in [7, 11) is 0. The van der Waals surface area contributed by atoms with Gasteiger partial charge in [0.05, 0.1) is 6.54 Å². The molecule has 0 atom stereocenters. The summed E-state index contributed by atoms with van der Waals surface area (Å²) >= 11 is 0. The van der Waals surface area contributed by atoms with Crippen LogP contribution in [0.4, 0.5) is 0 Å². The summed E-state index contributed by atoms with van der Waals surface area (Å²) in [6, 6.07) is 0.126. The van der Waals surface area contributed by atoms with Crippen LogP contribution in [-0.2, 0) is 9.59 Å². The molecule has 1 heterocycles. The first-order valence-electron chi connectivity index (χ1n) is 5.54. The molecule has 1 rings (SSSR count). The fourth-order valence-electron chi connectivity index (χ4n) is 1.95. The van der Waals surface area contributed by atoms with Crippen LogP contribution in [0.1, 0.15) is 19.3 Å². The SMILES string of the molecule is C=CCC(=O)N(CC(N)=O)C1CCNCC1. The van der Waals surface area contributed by atoms with E-state index in [0.29, 0.717) is 0 Å². The maximum atomic E-state index is 11.8. The van der Waals surface area contributed by atoms with Crippen molar-refractivity contribution in [3.8, 4) is 0 Å². The number of nitrogens with zero attached hydrogens (tertiary/aromatic N) is 1. The number of hydrogen-bond donors (Lipinski definition) is 2. The molecule has 16 heavy (non-hydrogen) atoms. The molecule has 1 saturated heterocycles. The highest BCUT2D eigenvalue weighted by atomic mass is 16.2. The van der Waals surface area contributed by atoms with Crippen molar-refractivity contribution >= 4 is 11.8 Å². The lowest BCUT2D eigenvalue weighted by molar-refractivity contribution is -0.137. The Labute approximate surface area is 95.7 Å². The number of nitrogens with two attached hydrogens (primary N) is 1. The van der Waals surface area contributed by atoms with Crippen LogP contribution in [0.5, 0.6) is 0 Å². The summed E-state index contributed by atoms with van der Waals surface area (Å²) < 4.78 is 0. The van der Waals surface area contributed by atoms with Gasteiger partial charge in [-0.2, -0.15) is 0 Å². The molecule has 1 fully saturated rings. The van der Waals surface area contributed by atoms with Crippen molar-refractivity contribution in [1.29, 1.82) is 0 Å². The van der Waals surface area contributed by atoms with Crippen molar-refractivity contribution < 1.29 is 9.59 Å². The van der Waals surface area contributed by atoms with Crippen molar-refractivity contribution in [2.45, 2.75) is 25.3 Å². The minimum Gasteiger partial charge on any atom is -0.368 e. The molecule has 0 aromatic carbocycles. The zero-order chi connectivity index (χ0) is 12.0.